The van der Waals surface area contributed by atoms with Crippen LogP contribution in [0.5, 0.6) is 11.5 Å². The molecular weight excluding hydrogens is 514 g/mol. The van der Waals surface area contributed by atoms with Crippen LogP contribution in [0.4, 0.5) is 14.4 Å². The van der Waals surface area contributed by atoms with Gasteiger partial charge in [-0.15, -0.1) is 0 Å². The highest BCUT2D eigenvalue weighted by Crippen LogP contribution is 2.37. The van der Waals surface area contributed by atoms with Crippen LogP contribution in [-0.4, -0.2) is 60.0 Å². The van der Waals surface area contributed by atoms with Gasteiger partial charge < -0.3 is 39.3 Å². The Kier molecular flexibility index (Phi) is 13.5. The highest BCUT2D eigenvalue weighted by Gasteiger charge is 2.36. The molecule has 0 radical (unpaired) electrons. The summed E-state index contributed by atoms with van der Waals surface area (Å²) in [5, 5.41) is 9.73. The number of carbonyl (C=O) groups is 4. The van der Waals surface area contributed by atoms with Gasteiger partial charge in [-0.05, 0) is 65.7 Å². The van der Waals surface area contributed by atoms with Crippen molar-refractivity contribution < 1.29 is 52.7 Å². The number of hydrogen-bond donors (Lipinski definition) is 2. The second-order valence-corrected chi connectivity index (χ2v) is 9.78. The highest BCUT2D eigenvalue weighted by atomic mass is 16.8. The molecule has 39 heavy (non-hydrogen) atoms. The van der Waals surface area contributed by atoms with E-state index < -0.39 is 60.6 Å². The molecule has 1 aromatic rings. The minimum Gasteiger partial charge on any atom is -0.480 e. The van der Waals surface area contributed by atoms with E-state index in [1.54, 1.807) is 48.5 Å². The molecule has 0 aliphatic carbocycles. The van der Waals surface area contributed by atoms with Crippen LogP contribution in [0.25, 0.3) is 0 Å². The largest absolute Gasteiger partial charge is 0.514 e. The van der Waals surface area contributed by atoms with Gasteiger partial charge in [0.1, 0.15) is 18.2 Å². The van der Waals surface area contributed by atoms with Gasteiger partial charge in [-0.1, -0.05) is 26.3 Å². The van der Waals surface area contributed by atoms with Crippen LogP contribution in [-0.2, 0) is 23.7 Å². The normalized spacial score (nSPS) is 14.9. The predicted octanol–water partition coefficient (Wildman–Crippen LogP) is 5.40. The molecule has 0 aliphatic heterocycles. The van der Waals surface area contributed by atoms with E-state index in [0.29, 0.717) is 12.0 Å². The average molecular weight is 556 g/mol. The molecule has 0 saturated heterocycles. The number of rotatable bonds is 13. The summed E-state index contributed by atoms with van der Waals surface area (Å²) in [6.07, 6.45) is -3.64. The topological polar surface area (TPSA) is 170 Å². The lowest BCUT2D eigenvalue weighted by Gasteiger charge is -2.31. The van der Waals surface area contributed by atoms with Gasteiger partial charge in [0.2, 0.25) is 0 Å². The van der Waals surface area contributed by atoms with E-state index in [0.717, 1.165) is 6.42 Å². The van der Waals surface area contributed by atoms with Gasteiger partial charge in [-0.2, -0.15) is 0 Å². The van der Waals surface area contributed by atoms with Gasteiger partial charge in [-0.25, -0.2) is 14.4 Å². The molecule has 0 aromatic heterocycles. The molecule has 1 rings (SSSR count). The molecule has 3 N–H and O–H groups in total. The minimum atomic E-state index is -1.44. The van der Waals surface area contributed by atoms with Gasteiger partial charge in [0, 0.05) is 11.8 Å². The Morgan fingerprint density at radius 1 is 0.795 bits per heavy atom. The molecule has 0 amide bonds. The summed E-state index contributed by atoms with van der Waals surface area (Å²) in [6, 6.07) is 2.67. The van der Waals surface area contributed by atoms with Crippen molar-refractivity contribution in [3.05, 3.63) is 23.8 Å². The van der Waals surface area contributed by atoms with E-state index >= 15 is 0 Å². The quantitative estimate of drug-likeness (QED) is 0.181. The molecular formula is C27H41NO11. The summed E-state index contributed by atoms with van der Waals surface area (Å²) in [5.74, 6) is -3.27. The van der Waals surface area contributed by atoms with E-state index in [1.807, 2.05) is 6.92 Å². The van der Waals surface area contributed by atoms with Gasteiger partial charge in [0.25, 0.3) is 0 Å². The summed E-state index contributed by atoms with van der Waals surface area (Å²) < 4.78 is 31.1. The van der Waals surface area contributed by atoms with Gasteiger partial charge in [0.05, 0.1) is 12.2 Å². The van der Waals surface area contributed by atoms with Crippen LogP contribution < -0.4 is 15.2 Å². The number of aliphatic carboxylic acids is 1. The smallest absolute Gasteiger partial charge is 0.480 e. The highest BCUT2D eigenvalue weighted by molar-refractivity contribution is 5.75. The molecule has 220 valence electrons. The zero-order valence-corrected chi connectivity index (χ0v) is 23.8. The third kappa shape index (κ3) is 11.4. The fourth-order valence-corrected chi connectivity index (χ4v) is 3.71. The van der Waals surface area contributed by atoms with Crippen LogP contribution in [0, 0.1) is 5.92 Å². The standard InChI is InChI=1S/C27H41NO11/c1-9-10-16(6)36-27(33)37-18(8)17(7)22(23(28)24(29)30)19-11-12-20(38-25(31)34-14(2)3)21(13-19)39-26(32)35-15(4)5/h11-18,22-23H,9-10,28H2,1-8H3,(H,29,30)/t16?,17?,18?,22?,23-/m0/s1. The molecule has 5 atom stereocenters. The first-order valence-corrected chi connectivity index (χ1v) is 12.9. The molecule has 0 aliphatic rings. The summed E-state index contributed by atoms with van der Waals surface area (Å²) >= 11 is 0. The zero-order valence-electron chi connectivity index (χ0n) is 23.8. The van der Waals surface area contributed by atoms with Gasteiger partial charge in [0.15, 0.2) is 11.5 Å². The van der Waals surface area contributed by atoms with E-state index in [9.17, 15) is 24.3 Å². The monoisotopic (exact) mass is 555 g/mol. The third-order valence-corrected chi connectivity index (χ3v) is 5.66. The van der Waals surface area contributed by atoms with Gasteiger partial charge in [-0.3, -0.25) is 4.79 Å². The lowest BCUT2D eigenvalue weighted by molar-refractivity contribution is -0.139. The van der Waals surface area contributed by atoms with Crippen molar-refractivity contribution in [2.75, 3.05) is 0 Å². The number of benzene rings is 1. The van der Waals surface area contributed by atoms with Crippen LogP contribution in [0.1, 0.15) is 79.7 Å². The Labute approximate surface area is 229 Å². The second-order valence-electron chi connectivity index (χ2n) is 9.78. The van der Waals surface area contributed by atoms with Crippen LogP contribution in [0.2, 0.25) is 0 Å². The maximum absolute atomic E-state index is 12.3. The maximum atomic E-state index is 12.3. The molecule has 0 spiro atoms. The van der Waals surface area contributed by atoms with Crippen molar-refractivity contribution in [2.45, 2.75) is 105 Å². The fraction of sp³-hybridized carbons (Fsp3) is 0.630. The van der Waals surface area contributed by atoms with Crippen molar-refractivity contribution in [3.8, 4) is 11.5 Å². The number of nitrogens with two attached hydrogens (primary N) is 1. The summed E-state index contributed by atoms with van der Waals surface area (Å²) in [6.45, 7) is 13.5. The maximum Gasteiger partial charge on any atom is 0.514 e. The zero-order chi connectivity index (χ0) is 29.9. The van der Waals surface area contributed by atoms with E-state index in [1.165, 1.54) is 18.2 Å². The molecule has 0 bridgehead atoms. The van der Waals surface area contributed by atoms with E-state index in [2.05, 4.69) is 0 Å². The Morgan fingerprint density at radius 2 is 1.33 bits per heavy atom. The molecule has 4 unspecified atom stereocenters. The van der Waals surface area contributed by atoms with Crippen molar-refractivity contribution in [1.29, 1.82) is 0 Å². The molecule has 0 saturated carbocycles. The Bertz CT molecular complexity index is 978. The van der Waals surface area contributed by atoms with Crippen molar-refractivity contribution in [2.24, 2.45) is 11.7 Å². The number of carbonyl (C=O) groups excluding carboxylic acids is 3. The van der Waals surface area contributed by atoms with E-state index in [4.69, 9.17) is 34.2 Å². The molecule has 12 nitrogen and oxygen atoms in total. The Balaban J connectivity index is 3.38. The molecule has 1 aromatic carbocycles. The lowest BCUT2D eigenvalue weighted by atomic mass is 9.79. The van der Waals surface area contributed by atoms with Crippen LogP contribution in [0.3, 0.4) is 0 Å². The summed E-state index contributed by atoms with van der Waals surface area (Å²) in [4.78, 5) is 48.6. The number of ether oxygens (including phenoxy) is 6. The third-order valence-electron chi connectivity index (χ3n) is 5.66. The lowest BCUT2D eigenvalue weighted by Crippen LogP contribution is -2.42. The number of hydrogen-bond acceptors (Lipinski definition) is 11. The van der Waals surface area contributed by atoms with E-state index in [-0.39, 0.29) is 17.6 Å². The van der Waals surface area contributed by atoms with Crippen molar-refractivity contribution in [1.82, 2.24) is 0 Å². The summed E-state index contributed by atoms with van der Waals surface area (Å²) in [7, 11) is 0. The molecule has 12 heteroatoms. The van der Waals surface area contributed by atoms with Crippen LogP contribution in [0.15, 0.2) is 18.2 Å². The molecule has 0 fully saturated rings. The number of carboxylic acid groups (broad SMARTS) is 1. The first kappa shape index (κ1) is 33.5. The van der Waals surface area contributed by atoms with Gasteiger partial charge >= 0.3 is 24.4 Å². The van der Waals surface area contributed by atoms with Crippen molar-refractivity contribution in [3.63, 3.8) is 0 Å². The minimum absolute atomic E-state index is 0.168. The Morgan fingerprint density at radius 3 is 1.82 bits per heavy atom. The van der Waals surface area contributed by atoms with Crippen molar-refractivity contribution >= 4 is 24.4 Å². The van der Waals surface area contributed by atoms with Crippen LogP contribution >= 0.6 is 0 Å². The predicted molar refractivity (Wildman–Crippen MR) is 140 cm³/mol. The summed E-state index contributed by atoms with van der Waals surface area (Å²) in [5.41, 5.74) is 6.38. The Hall–Kier alpha value is -3.54. The number of carboxylic acids is 1. The first-order chi connectivity index (χ1) is 18.2. The first-order valence-electron chi connectivity index (χ1n) is 12.9. The average Bonchev–Trinajstić information content (AvgIpc) is 2.79. The molecule has 0 heterocycles. The second kappa shape index (κ2) is 15.8. The fourth-order valence-electron chi connectivity index (χ4n) is 3.71. The SMILES string of the molecule is CCCC(C)OC(=O)OC(C)C(C)C(c1ccc(OC(=O)OC(C)C)c(OC(=O)OC(C)C)c1)[C@H](N)C(=O)O.